The largest absolute Gasteiger partial charge is 0.384 e. The molecule has 0 atom stereocenters. The van der Waals surface area contributed by atoms with E-state index in [2.05, 4.69) is 15.0 Å². The summed E-state index contributed by atoms with van der Waals surface area (Å²) in [6, 6.07) is 9.11. The number of carbonyl (C=O) groups is 1. The highest BCUT2D eigenvalue weighted by molar-refractivity contribution is 6.34. The third kappa shape index (κ3) is 3.93. The molecule has 0 bridgehead atoms. The van der Waals surface area contributed by atoms with E-state index >= 15 is 0 Å². The monoisotopic (exact) mass is 407 g/mol. The van der Waals surface area contributed by atoms with Gasteiger partial charge >= 0.3 is 0 Å². The molecule has 0 aliphatic carbocycles. The standard InChI is InChI=1S/C22H22ClN5O/c1-14-20(16-6-8-19(24)25-12-16)21(27-13-26-14)15-5-7-18(23)17(11-15)22(29)28-9-3-2-4-10-28/h5-8,11-13H,2-4,9-10H2,1H3,(H2,24,25). The van der Waals surface area contributed by atoms with Crippen molar-refractivity contribution >= 4 is 23.3 Å². The van der Waals surface area contributed by atoms with Crippen LogP contribution in [0.1, 0.15) is 35.3 Å². The van der Waals surface area contributed by atoms with Crippen LogP contribution in [-0.2, 0) is 0 Å². The first-order valence-electron chi connectivity index (χ1n) is 9.67. The molecule has 1 aliphatic heterocycles. The van der Waals surface area contributed by atoms with Crippen molar-refractivity contribution in [2.24, 2.45) is 0 Å². The molecule has 0 saturated carbocycles. The van der Waals surface area contributed by atoms with Crippen LogP contribution in [0.3, 0.4) is 0 Å². The number of pyridine rings is 1. The third-order valence-electron chi connectivity index (χ3n) is 5.23. The van der Waals surface area contributed by atoms with E-state index in [0.29, 0.717) is 16.4 Å². The Labute approximate surface area is 174 Å². The Morgan fingerprint density at radius 2 is 1.79 bits per heavy atom. The van der Waals surface area contributed by atoms with Gasteiger partial charge in [0, 0.05) is 41.7 Å². The summed E-state index contributed by atoms with van der Waals surface area (Å²) in [5.41, 5.74) is 10.3. The van der Waals surface area contributed by atoms with E-state index in [-0.39, 0.29) is 5.91 Å². The van der Waals surface area contributed by atoms with Crippen LogP contribution in [0.25, 0.3) is 22.4 Å². The van der Waals surface area contributed by atoms with Crippen LogP contribution in [0.2, 0.25) is 5.02 Å². The van der Waals surface area contributed by atoms with Gasteiger partial charge in [-0.2, -0.15) is 0 Å². The molecule has 7 heteroatoms. The van der Waals surface area contributed by atoms with E-state index in [1.807, 2.05) is 30.0 Å². The zero-order valence-electron chi connectivity index (χ0n) is 16.2. The smallest absolute Gasteiger partial charge is 0.255 e. The number of hydrogen-bond acceptors (Lipinski definition) is 5. The number of benzene rings is 1. The van der Waals surface area contributed by atoms with Gasteiger partial charge in [0.2, 0.25) is 0 Å². The zero-order valence-corrected chi connectivity index (χ0v) is 17.0. The molecule has 1 amide bonds. The summed E-state index contributed by atoms with van der Waals surface area (Å²) in [6.45, 7) is 3.47. The lowest BCUT2D eigenvalue weighted by molar-refractivity contribution is 0.0724. The second kappa shape index (κ2) is 8.17. The molecule has 4 rings (SSSR count). The summed E-state index contributed by atoms with van der Waals surface area (Å²) in [6.07, 6.45) is 6.46. The molecule has 2 N–H and O–H groups in total. The number of aromatic nitrogens is 3. The van der Waals surface area contributed by atoms with Gasteiger partial charge in [0.15, 0.2) is 0 Å². The van der Waals surface area contributed by atoms with Crippen LogP contribution >= 0.6 is 11.6 Å². The summed E-state index contributed by atoms with van der Waals surface area (Å²) >= 11 is 6.40. The summed E-state index contributed by atoms with van der Waals surface area (Å²) in [5.74, 6) is 0.420. The SMILES string of the molecule is Cc1ncnc(-c2ccc(Cl)c(C(=O)N3CCCCC3)c2)c1-c1ccc(N)nc1. The van der Waals surface area contributed by atoms with Gasteiger partial charge in [0.1, 0.15) is 12.1 Å². The van der Waals surface area contributed by atoms with Crippen molar-refractivity contribution in [1.82, 2.24) is 19.9 Å². The van der Waals surface area contributed by atoms with E-state index in [0.717, 1.165) is 60.4 Å². The quantitative estimate of drug-likeness (QED) is 0.696. The molecule has 1 fully saturated rings. The molecular weight excluding hydrogens is 386 g/mol. The van der Waals surface area contributed by atoms with Crippen molar-refractivity contribution in [3.05, 3.63) is 59.1 Å². The van der Waals surface area contributed by atoms with Gasteiger partial charge < -0.3 is 10.6 Å². The van der Waals surface area contributed by atoms with Crippen LogP contribution in [-0.4, -0.2) is 38.8 Å². The molecule has 1 aromatic carbocycles. The first kappa shape index (κ1) is 19.3. The molecule has 3 aromatic rings. The topological polar surface area (TPSA) is 85.0 Å². The maximum Gasteiger partial charge on any atom is 0.255 e. The Hall–Kier alpha value is -2.99. The maximum atomic E-state index is 13.0. The number of anilines is 1. The average molecular weight is 408 g/mol. The number of carbonyl (C=O) groups excluding carboxylic acids is 1. The van der Waals surface area contributed by atoms with Crippen molar-refractivity contribution in [3.63, 3.8) is 0 Å². The van der Waals surface area contributed by atoms with Crippen molar-refractivity contribution in [3.8, 4) is 22.4 Å². The maximum absolute atomic E-state index is 13.0. The van der Waals surface area contributed by atoms with E-state index < -0.39 is 0 Å². The van der Waals surface area contributed by atoms with Gasteiger partial charge in [-0.25, -0.2) is 15.0 Å². The molecule has 29 heavy (non-hydrogen) atoms. The second-order valence-electron chi connectivity index (χ2n) is 7.20. The Balaban J connectivity index is 1.79. The number of hydrogen-bond donors (Lipinski definition) is 1. The average Bonchev–Trinajstić information content (AvgIpc) is 2.75. The van der Waals surface area contributed by atoms with E-state index in [1.165, 1.54) is 6.33 Å². The predicted molar refractivity (Wildman–Crippen MR) is 115 cm³/mol. The normalized spacial score (nSPS) is 14.1. The molecule has 0 radical (unpaired) electrons. The first-order chi connectivity index (χ1) is 14.0. The highest BCUT2D eigenvalue weighted by Crippen LogP contribution is 2.34. The number of likely N-dealkylation sites (tertiary alicyclic amines) is 1. The third-order valence-corrected chi connectivity index (χ3v) is 5.55. The summed E-state index contributed by atoms with van der Waals surface area (Å²) in [7, 11) is 0. The highest BCUT2D eigenvalue weighted by Gasteiger charge is 2.22. The number of aryl methyl sites for hydroxylation is 1. The van der Waals surface area contributed by atoms with Gasteiger partial charge in [-0.15, -0.1) is 0 Å². The molecule has 0 unspecified atom stereocenters. The number of nitrogen functional groups attached to an aromatic ring is 1. The number of piperidine rings is 1. The lowest BCUT2D eigenvalue weighted by Gasteiger charge is -2.27. The number of rotatable bonds is 3. The van der Waals surface area contributed by atoms with Gasteiger partial charge in [-0.3, -0.25) is 4.79 Å². The fourth-order valence-electron chi connectivity index (χ4n) is 3.70. The van der Waals surface area contributed by atoms with E-state index in [1.54, 1.807) is 18.3 Å². The van der Waals surface area contributed by atoms with Crippen LogP contribution < -0.4 is 5.73 Å². The minimum Gasteiger partial charge on any atom is -0.384 e. The van der Waals surface area contributed by atoms with Crippen molar-refractivity contribution in [2.75, 3.05) is 18.8 Å². The summed E-state index contributed by atoms with van der Waals surface area (Å²) in [4.78, 5) is 28.0. The fraction of sp³-hybridized carbons (Fsp3) is 0.273. The fourth-order valence-corrected chi connectivity index (χ4v) is 3.89. The van der Waals surface area contributed by atoms with Gasteiger partial charge in [0.25, 0.3) is 5.91 Å². The Bertz CT molecular complexity index is 1050. The van der Waals surface area contributed by atoms with Crippen LogP contribution in [0, 0.1) is 6.92 Å². The number of halogens is 1. The minimum atomic E-state index is -0.0296. The molecule has 148 valence electrons. The van der Waals surface area contributed by atoms with E-state index in [9.17, 15) is 4.79 Å². The summed E-state index contributed by atoms with van der Waals surface area (Å²) < 4.78 is 0. The first-order valence-corrected chi connectivity index (χ1v) is 10.0. The number of nitrogens with two attached hydrogens (primary N) is 1. The molecular formula is C22H22ClN5O. The van der Waals surface area contributed by atoms with Crippen molar-refractivity contribution in [1.29, 1.82) is 0 Å². The molecule has 3 heterocycles. The molecule has 0 spiro atoms. The predicted octanol–water partition coefficient (Wildman–Crippen LogP) is 4.38. The second-order valence-corrected chi connectivity index (χ2v) is 7.61. The van der Waals surface area contributed by atoms with Crippen LogP contribution in [0.5, 0.6) is 0 Å². The Morgan fingerprint density at radius 1 is 1.03 bits per heavy atom. The molecule has 2 aromatic heterocycles. The van der Waals surface area contributed by atoms with Crippen LogP contribution in [0.4, 0.5) is 5.82 Å². The van der Waals surface area contributed by atoms with Crippen molar-refractivity contribution < 1.29 is 4.79 Å². The van der Waals surface area contributed by atoms with Gasteiger partial charge in [-0.1, -0.05) is 17.7 Å². The van der Waals surface area contributed by atoms with Crippen molar-refractivity contribution in [2.45, 2.75) is 26.2 Å². The lowest BCUT2D eigenvalue weighted by Crippen LogP contribution is -2.35. The highest BCUT2D eigenvalue weighted by atomic mass is 35.5. The Kier molecular flexibility index (Phi) is 5.45. The number of amides is 1. The molecule has 1 saturated heterocycles. The van der Waals surface area contributed by atoms with Gasteiger partial charge in [-0.05, 0) is 50.5 Å². The molecule has 6 nitrogen and oxygen atoms in total. The Morgan fingerprint density at radius 3 is 2.52 bits per heavy atom. The minimum absolute atomic E-state index is 0.0296. The summed E-state index contributed by atoms with van der Waals surface area (Å²) in [5, 5.41) is 0.450. The molecule has 1 aliphatic rings. The van der Waals surface area contributed by atoms with Gasteiger partial charge in [0.05, 0.1) is 16.3 Å². The number of nitrogens with zero attached hydrogens (tertiary/aromatic N) is 4. The van der Waals surface area contributed by atoms with E-state index in [4.69, 9.17) is 17.3 Å². The van der Waals surface area contributed by atoms with Crippen LogP contribution in [0.15, 0.2) is 42.9 Å². The zero-order chi connectivity index (χ0) is 20.4. The lowest BCUT2D eigenvalue weighted by atomic mass is 9.97.